The Kier molecular flexibility index (Phi) is 3.66. The molecule has 0 saturated carbocycles. The summed E-state index contributed by atoms with van der Waals surface area (Å²) in [5, 5.41) is 13.1. The van der Waals surface area contributed by atoms with Crippen LogP contribution < -0.4 is 20.5 Å². The molecule has 2 aromatic carbocycles. The van der Waals surface area contributed by atoms with Crippen molar-refractivity contribution in [1.82, 2.24) is 9.55 Å². The Bertz CT molecular complexity index is 1080. The van der Waals surface area contributed by atoms with Crippen LogP contribution in [0.25, 0.3) is 16.9 Å². The lowest BCUT2D eigenvalue weighted by atomic mass is 9.97. The summed E-state index contributed by atoms with van der Waals surface area (Å²) in [7, 11) is 3.14. The van der Waals surface area contributed by atoms with Crippen molar-refractivity contribution in [2.24, 2.45) is 5.73 Å². The lowest BCUT2D eigenvalue weighted by molar-refractivity contribution is 0.351. The van der Waals surface area contributed by atoms with Crippen molar-refractivity contribution in [3.63, 3.8) is 0 Å². The van der Waals surface area contributed by atoms with E-state index in [2.05, 4.69) is 16.4 Å². The van der Waals surface area contributed by atoms with Crippen LogP contribution in [0.5, 0.6) is 11.5 Å². The van der Waals surface area contributed by atoms with Crippen LogP contribution in [0.2, 0.25) is 0 Å². The van der Waals surface area contributed by atoms with Crippen LogP contribution in [-0.4, -0.2) is 23.8 Å². The first-order valence-electron chi connectivity index (χ1n) is 8.04. The van der Waals surface area contributed by atoms with Crippen molar-refractivity contribution in [3.05, 3.63) is 53.6 Å². The van der Waals surface area contributed by atoms with Gasteiger partial charge in [0.1, 0.15) is 11.9 Å². The fourth-order valence-corrected chi connectivity index (χ4v) is 3.33. The molecule has 1 aromatic heterocycles. The highest BCUT2D eigenvalue weighted by atomic mass is 16.5. The highest BCUT2D eigenvalue weighted by molar-refractivity contribution is 5.85. The van der Waals surface area contributed by atoms with Gasteiger partial charge in [-0.1, -0.05) is 24.3 Å². The van der Waals surface area contributed by atoms with Gasteiger partial charge >= 0.3 is 0 Å². The standard InChI is InChI=1S/C19H17N5O2/c1-25-15-9-5-6-11(17(15)26-2)16-12(10-20)18(21)24-14-8-4-3-7-13(14)22-19(24)23-16/h3-9,16H,21H2,1-2H3,(H,22,23). The molecule has 0 bridgehead atoms. The molecule has 1 aliphatic heterocycles. The quantitative estimate of drug-likeness (QED) is 0.756. The Morgan fingerprint density at radius 3 is 2.69 bits per heavy atom. The number of aromatic nitrogens is 2. The molecule has 2 heterocycles. The molecule has 0 aliphatic carbocycles. The zero-order valence-corrected chi connectivity index (χ0v) is 14.4. The summed E-state index contributed by atoms with van der Waals surface area (Å²) < 4.78 is 12.7. The van der Waals surface area contributed by atoms with E-state index < -0.39 is 6.04 Å². The first kappa shape index (κ1) is 15.8. The Labute approximate surface area is 150 Å². The first-order chi connectivity index (χ1) is 12.7. The highest BCUT2D eigenvalue weighted by Gasteiger charge is 2.32. The number of benzene rings is 2. The topological polar surface area (TPSA) is 98.1 Å². The number of methoxy groups -OCH3 is 2. The van der Waals surface area contributed by atoms with Crippen LogP contribution >= 0.6 is 0 Å². The van der Waals surface area contributed by atoms with Gasteiger partial charge in [-0.2, -0.15) is 5.26 Å². The maximum atomic E-state index is 9.78. The molecule has 1 unspecified atom stereocenters. The number of imidazole rings is 1. The summed E-state index contributed by atoms with van der Waals surface area (Å²) in [4.78, 5) is 4.60. The third kappa shape index (κ3) is 2.16. The summed E-state index contributed by atoms with van der Waals surface area (Å²) in [5.74, 6) is 2.07. The fourth-order valence-electron chi connectivity index (χ4n) is 3.33. The lowest BCUT2D eigenvalue weighted by Crippen LogP contribution is -2.26. The fraction of sp³-hybridized carbons (Fsp3) is 0.158. The van der Waals surface area contributed by atoms with Gasteiger partial charge in [-0.25, -0.2) is 4.98 Å². The number of ether oxygens (including phenoxy) is 2. The molecule has 0 spiro atoms. The zero-order chi connectivity index (χ0) is 18.3. The second kappa shape index (κ2) is 6.01. The molecule has 0 saturated heterocycles. The van der Waals surface area contributed by atoms with E-state index in [0.717, 1.165) is 16.6 Å². The number of para-hydroxylation sites is 3. The molecule has 0 radical (unpaired) electrons. The Balaban J connectivity index is 1.94. The maximum Gasteiger partial charge on any atom is 0.210 e. The Morgan fingerprint density at radius 1 is 1.15 bits per heavy atom. The molecule has 130 valence electrons. The van der Waals surface area contributed by atoms with Crippen molar-refractivity contribution in [2.45, 2.75) is 6.04 Å². The molecule has 0 amide bonds. The van der Waals surface area contributed by atoms with E-state index in [0.29, 0.717) is 28.8 Å². The SMILES string of the molecule is COc1cccc(C2Nc3nc4ccccc4n3C(N)=C2C#N)c1OC. The number of nitrogens with one attached hydrogen (secondary N) is 1. The summed E-state index contributed by atoms with van der Waals surface area (Å²) in [6.07, 6.45) is 0. The minimum absolute atomic E-state index is 0.352. The molecule has 0 fully saturated rings. The molecular formula is C19H17N5O2. The van der Waals surface area contributed by atoms with Crippen LogP contribution in [0.3, 0.4) is 0 Å². The van der Waals surface area contributed by atoms with Crippen LogP contribution in [0.4, 0.5) is 5.95 Å². The minimum Gasteiger partial charge on any atom is -0.493 e. The van der Waals surface area contributed by atoms with E-state index >= 15 is 0 Å². The third-order valence-electron chi connectivity index (χ3n) is 4.50. The van der Waals surface area contributed by atoms with Crippen LogP contribution in [0, 0.1) is 11.3 Å². The van der Waals surface area contributed by atoms with Crippen molar-refractivity contribution in [1.29, 1.82) is 5.26 Å². The average Bonchev–Trinajstić information content (AvgIpc) is 3.05. The number of hydrogen-bond donors (Lipinski definition) is 2. The smallest absolute Gasteiger partial charge is 0.210 e. The summed E-state index contributed by atoms with van der Waals surface area (Å²) in [6.45, 7) is 0. The van der Waals surface area contributed by atoms with E-state index in [1.807, 2.05) is 36.4 Å². The zero-order valence-electron chi connectivity index (χ0n) is 14.4. The van der Waals surface area contributed by atoms with Gasteiger partial charge in [0.15, 0.2) is 11.5 Å². The largest absolute Gasteiger partial charge is 0.493 e. The van der Waals surface area contributed by atoms with Gasteiger partial charge in [-0.15, -0.1) is 0 Å². The molecule has 26 heavy (non-hydrogen) atoms. The molecule has 3 aromatic rings. The maximum absolute atomic E-state index is 9.78. The predicted molar refractivity (Wildman–Crippen MR) is 98.7 cm³/mol. The van der Waals surface area contributed by atoms with Gasteiger partial charge in [0.05, 0.1) is 36.9 Å². The Morgan fingerprint density at radius 2 is 1.96 bits per heavy atom. The van der Waals surface area contributed by atoms with Gasteiger partial charge in [0.2, 0.25) is 5.95 Å². The molecule has 3 N–H and O–H groups in total. The minimum atomic E-state index is -0.491. The van der Waals surface area contributed by atoms with E-state index in [4.69, 9.17) is 15.2 Å². The lowest BCUT2D eigenvalue weighted by Gasteiger charge is -2.28. The first-order valence-corrected chi connectivity index (χ1v) is 8.04. The van der Waals surface area contributed by atoms with Crippen LogP contribution in [0.1, 0.15) is 11.6 Å². The highest BCUT2D eigenvalue weighted by Crippen LogP contribution is 2.42. The van der Waals surface area contributed by atoms with Gasteiger partial charge in [-0.05, 0) is 18.2 Å². The van der Waals surface area contributed by atoms with Crippen molar-refractivity contribution in [3.8, 4) is 17.6 Å². The van der Waals surface area contributed by atoms with E-state index in [9.17, 15) is 5.26 Å². The van der Waals surface area contributed by atoms with Gasteiger partial charge in [-0.3, -0.25) is 4.57 Å². The predicted octanol–water partition coefficient (Wildman–Crippen LogP) is 2.87. The number of fused-ring (bicyclic) bond motifs is 3. The third-order valence-corrected chi connectivity index (χ3v) is 4.50. The average molecular weight is 347 g/mol. The molecule has 4 rings (SSSR count). The summed E-state index contributed by atoms with van der Waals surface area (Å²) in [6, 6.07) is 14.9. The molecule has 1 aliphatic rings. The molecular weight excluding hydrogens is 330 g/mol. The van der Waals surface area contributed by atoms with E-state index in [1.54, 1.807) is 24.9 Å². The number of nitrogens with two attached hydrogens (primary N) is 1. The molecule has 7 nitrogen and oxygen atoms in total. The van der Waals surface area contributed by atoms with Crippen molar-refractivity contribution in [2.75, 3.05) is 19.5 Å². The normalized spacial score (nSPS) is 16.0. The number of nitrogens with zero attached hydrogens (tertiary/aromatic N) is 3. The van der Waals surface area contributed by atoms with Gasteiger partial charge < -0.3 is 20.5 Å². The number of hydrogen-bond acceptors (Lipinski definition) is 6. The number of rotatable bonds is 3. The van der Waals surface area contributed by atoms with E-state index in [1.165, 1.54) is 0 Å². The summed E-state index contributed by atoms with van der Waals surface area (Å²) in [5.41, 5.74) is 9.16. The molecule has 1 atom stereocenters. The van der Waals surface area contributed by atoms with Gasteiger partial charge in [0, 0.05) is 5.56 Å². The summed E-state index contributed by atoms with van der Waals surface area (Å²) >= 11 is 0. The number of nitriles is 1. The Hall–Kier alpha value is -3.66. The number of anilines is 1. The molecule has 7 heteroatoms. The van der Waals surface area contributed by atoms with Crippen LogP contribution in [0.15, 0.2) is 48.0 Å². The van der Waals surface area contributed by atoms with E-state index in [-0.39, 0.29) is 0 Å². The second-order valence-electron chi connectivity index (χ2n) is 5.83. The monoisotopic (exact) mass is 347 g/mol. The van der Waals surface area contributed by atoms with Crippen molar-refractivity contribution >= 4 is 22.8 Å². The van der Waals surface area contributed by atoms with Crippen molar-refractivity contribution < 1.29 is 9.47 Å². The second-order valence-corrected chi connectivity index (χ2v) is 5.83. The van der Waals surface area contributed by atoms with Gasteiger partial charge in [0.25, 0.3) is 0 Å². The van der Waals surface area contributed by atoms with Crippen LogP contribution in [-0.2, 0) is 0 Å².